The maximum Gasteiger partial charge on any atom is 0.256 e. The third-order valence-electron chi connectivity index (χ3n) is 3.98. The van der Waals surface area contributed by atoms with E-state index in [0.29, 0.717) is 34.6 Å². The first-order valence-corrected chi connectivity index (χ1v) is 9.03. The standard InChI is InChI=1S/C18H20N4O4S/c1-9-16(18(24)22-14(7-23)17(19)20)13-5-11(3-4-15(13)26-9)25-8-12-6-21-10(2)27-12/h3-6,14,23H,7-8H2,1-2H3,(H3,19,20)(H,22,24)/t14-/m0/s1. The van der Waals surface area contributed by atoms with Crippen LogP contribution in [-0.4, -0.2) is 34.5 Å². The van der Waals surface area contributed by atoms with Crippen molar-refractivity contribution in [3.8, 4) is 5.75 Å². The van der Waals surface area contributed by atoms with E-state index < -0.39 is 18.6 Å². The van der Waals surface area contributed by atoms with Gasteiger partial charge in [0.25, 0.3) is 5.91 Å². The Kier molecular flexibility index (Phi) is 5.43. The number of carbonyl (C=O) groups is 1. The van der Waals surface area contributed by atoms with Gasteiger partial charge in [-0.3, -0.25) is 10.2 Å². The predicted molar refractivity (Wildman–Crippen MR) is 102 cm³/mol. The van der Waals surface area contributed by atoms with Crippen molar-refractivity contribution in [1.29, 1.82) is 5.41 Å². The van der Waals surface area contributed by atoms with E-state index in [1.54, 1.807) is 42.7 Å². The fraction of sp³-hybridized carbons (Fsp3) is 0.278. The van der Waals surface area contributed by atoms with Gasteiger partial charge in [-0.05, 0) is 32.0 Å². The van der Waals surface area contributed by atoms with Gasteiger partial charge in [0.15, 0.2) is 0 Å². The number of nitrogens with two attached hydrogens (primary N) is 1. The number of hydrogen-bond acceptors (Lipinski definition) is 7. The second-order valence-corrected chi connectivity index (χ2v) is 7.31. The second-order valence-electron chi connectivity index (χ2n) is 5.99. The van der Waals surface area contributed by atoms with E-state index in [1.807, 2.05) is 6.92 Å². The molecule has 1 aromatic carbocycles. The smallest absolute Gasteiger partial charge is 0.256 e. The summed E-state index contributed by atoms with van der Waals surface area (Å²) in [6.45, 7) is 3.53. The molecule has 0 aliphatic rings. The molecule has 0 saturated carbocycles. The number of amidine groups is 1. The summed E-state index contributed by atoms with van der Waals surface area (Å²) in [5, 5.41) is 20.8. The summed E-state index contributed by atoms with van der Waals surface area (Å²) in [5.74, 6) is 0.225. The Labute approximate surface area is 159 Å². The number of aryl methyl sites for hydroxylation is 2. The maximum atomic E-state index is 12.6. The minimum atomic E-state index is -0.948. The molecule has 8 nitrogen and oxygen atoms in total. The van der Waals surface area contributed by atoms with Crippen LogP contribution in [0.3, 0.4) is 0 Å². The number of ether oxygens (including phenoxy) is 1. The van der Waals surface area contributed by atoms with Gasteiger partial charge in [-0.1, -0.05) is 0 Å². The van der Waals surface area contributed by atoms with E-state index in [-0.39, 0.29) is 5.84 Å². The van der Waals surface area contributed by atoms with Crippen LogP contribution in [0.1, 0.15) is 26.0 Å². The monoisotopic (exact) mass is 388 g/mol. The van der Waals surface area contributed by atoms with Gasteiger partial charge in [0.1, 0.15) is 35.6 Å². The van der Waals surface area contributed by atoms with Gasteiger partial charge in [0, 0.05) is 11.6 Å². The number of nitrogens with one attached hydrogen (secondary N) is 2. The van der Waals surface area contributed by atoms with Crippen molar-refractivity contribution in [2.75, 3.05) is 6.61 Å². The van der Waals surface area contributed by atoms with Crippen LogP contribution in [0.15, 0.2) is 28.8 Å². The number of aromatic nitrogens is 1. The molecular formula is C18H20N4O4S. The Bertz CT molecular complexity index is 995. The fourth-order valence-electron chi connectivity index (χ4n) is 2.65. The van der Waals surface area contributed by atoms with Crippen LogP contribution in [0.2, 0.25) is 0 Å². The van der Waals surface area contributed by atoms with E-state index in [1.165, 1.54) is 0 Å². The summed E-state index contributed by atoms with van der Waals surface area (Å²) in [5.41, 5.74) is 6.25. The first kappa shape index (κ1) is 18.9. The average molecular weight is 388 g/mol. The molecule has 1 atom stereocenters. The Morgan fingerprint density at radius 2 is 2.26 bits per heavy atom. The van der Waals surface area contributed by atoms with Gasteiger partial charge in [0.2, 0.25) is 0 Å². The molecule has 0 radical (unpaired) electrons. The van der Waals surface area contributed by atoms with E-state index >= 15 is 0 Å². The van der Waals surface area contributed by atoms with E-state index in [2.05, 4.69) is 10.3 Å². The molecule has 0 bridgehead atoms. The Morgan fingerprint density at radius 1 is 1.48 bits per heavy atom. The number of amides is 1. The average Bonchev–Trinajstić information content (AvgIpc) is 3.19. The highest BCUT2D eigenvalue weighted by molar-refractivity contribution is 7.11. The third kappa shape index (κ3) is 4.09. The lowest BCUT2D eigenvalue weighted by Crippen LogP contribution is -2.46. The zero-order chi connectivity index (χ0) is 19.6. The summed E-state index contributed by atoms with van der Waals surface area (Å²) in [6, 6.07) is 4.29. The van der Waals surface area contributed by atoms with Gasteiger partial charge in [-0.2, -0.15) is 0 Å². The van der Waals surface area contributed by atoms with E-state index in [4.69, 9.17) is 20.3 Å². The quantitative estimate of drug-likeness (QED) is 0.362. The molecule has 5 N–H and O–H groups in total. The Hall–Kier alpha value is -2.91. The van der Waals surface area contributed by atoms with Crippen LogP contribution in [0.4, 0.5) is 0 Å². The number of rotatable bonds is 7. The van der Waals surface area contributed by atoms with Crippen molar-refractivity contribution in [3.05, 3.63) is 45.6 Å². The zero-order valence-electron chi connectivity index (χ0n) is 14.9. The molecule has 3 rings (SSSR count). The van der Waals surface area contributed by atoms with Gasteiger partial charge in [0.05, 0.1) is 22.1 Å². The maximum absolute atomic E-state index is 12.6. The number of furan rings is 1. The van der Waals surface area contributed by atoms with Crippen LogP contribution >= 0.6 is 11.3 Å². The number of nitrogens with zero attached hydrogens (tertiary/aromatic N) is 1. The molecule has 9 heteroatoms. The van der Waals surface area contributed by atoms with Gasteiger partial charge in [-0.15, -0.1) is 11.3 Å². The summed E-state index contributed by atoms with van der Waals surface area (Å²) in [4.78, 5) is 17.8. The summed E-state index contributed by atoms with van der Waals surface area (Å²) < 4.78 is 11.4. The lowest BCUT2D eigenvalue weighted by molar-refractivity contribution is 0.0933. The molecule has 0 fully saturated rings. The zero-order valence-corrected chi connectivity index (χ0v) is 15.7. The third-order valence-corrected chi connectivity index (χ3v) is 4.86. The molecule has 142 valence electrons. The largest absolute Gasteiger partial charge is 0.488 e. The molecule has 27 heavy (non-hydrogen) atoms. The SMILES string of the molecule is Cc1ncc(COc2ccc3oc(C)c(C(=O)N[C@@H](CO)C(=N)N)c3c2)s1. The van der Waals surface area contributed by atoms with Crippen molar-refractivity contribution in [2.45, 2.75) is 26.5 Å². The number of thiazole rings is 1. The van der Waals surface area contributed by atoms with Crippen molar-refractivity contribution >= 4 is 34.0 Å². The summed E-state index contributed by atoms with van der Waals surface area (Å²) >= 11 is 1.56. The minimum absolute atomic E-state index is 0.319. The molecule has 0 saturated heterocycles. The fourth-order valence-corrected chi connectivity index (χ4v) is 3.36. The van der Waals surface area contributed by atoms with Gasteiger partial charge < -0.3 is 25.3 Å². The molecule has 0 aliphatic carbocycles. The van der Waals surface area contributed by atoms with Crippen LogP contribution in [0.25, 0.3) is 11.0 Å². The topological polar surface area (TPSA) is 134 Å². The highest BCUT2D eigenvalue weighted by Crippen LogP contribution is 2.29. The van der Waals surface area contributed by atoms with E-state index in [9.17, 15) is 9.90 Å². The number of aliphatic hydroxyl groups is 1. The summed E-state index contributed by atoms with van der Waals surface area (Å²) in [6.07, 6.45) is 1.77. The Morgan fingerprint density at radius 3 is 2.89 bits per heavy atom. The van der Waals surface area contributed by atoms with Crippen LogP contribution in [0, 0.1) is 19.3 Å². The molecule has 0 unspecified atom stereocenters. The Balaban J connectivity index is 1.85. The van der Waals surface area contributed by atoms with Crippen LogP contribution < -0.4 is 15.8 Å². The number of fused-ring (bicyclic) bond motifs is 1. The van der Waals surface area contributed by atoms with Crippen molar-refractivity contribution in [3.63, 3.8) is 0 Å². The minimum Gasteiger partial charge on any atom is -0.488 e. The molecule has 3 aromatic rings. The molecular weight excluding hydrogens is 368 g/mol. The molecule has 2 heterocycles. The molecule has 2 aromatic heterocycles. The second kappa shape index (κ2) is 7.77. The first-order valence-electron chi connectivity index (χ1n) is 8.22. The normalized spacial score (nSPS) is 12.1. The van der Waals surface area contributed by atoms with Crippen LogP contribution in [-0.2, 0) is 6.61 Å². The first-order chi connectivity index (χ1) is 12.9. The number of benzene rings is 1. The van der Waals surface area contributed by atoms with Gasteiger partial charge in [-0.25, -0.2) is 4.98 Å². The van der Waals surface area contributed by atoms with E-state index in [0.717, 1.165) is 9.88 Å². The molecule has 0 aliphatic heterocycles. The van der Waals surface area contributed by atoms with Crippen molar-refractivity contribution < 1.29 is 19.1 Å². The molecule has 1 amide bonds. The number of aliphatic hydroxyl groups excluding tert-OH is 1. The van der Waals surface area contributed by atoms with Crippen molar-refractivity contribution in [2.24, 2.45) is 5.73 Å². The molecule has 0 spiro atoms. The van der Waals surface area contributed by atoms with Gasteiger partial charge >= 0.3 is 0 Å². The van der Waals surface area contributed by atoms with Crippen LogP contribution in [0.5, 0.6) is 5.75 Å². The highest BCUT2D eigenvalue weighted by atomic mass is 32.1. The number of hydrogen-bond donors (Lipinski definition) is 4. The highest BCUT2D eigenvalue weighted by Gasteiger charge is 2.22. The number of carbonyl (C=O) groups excluding carboxylic acids is 1. The summed E-state index contributed by atoms with van der Waals surface area (Å²) in [7, 11) is 0. The lowest BCUT2D eigenvalue weighted by Gasteiger charge is -2.14. The predicted octanol–water partition coefficient (Wildman–Crippen LogP) is 2.11. The van der Waals surface area contributed by atoms with Crippen molar-refractivity contribution in [1.82, 2.24) is 10.3 Å². The lowest BCUT2D eigenvalue weighted by atomic mass is 10.1.